The first-order valence-corrected chi connectivity index (χ1v) is 21.2. The van der Waals surface area contributed by atoms with E-state index in [0.717, 1.165) is 31.6 Å². The Kier molecular flexibility index (Phi) is 24.7. The lowest BCUT2D eigenvalue weighted by Gasteiger charge is -2.23. The van der Waals surface area contributed by atoms with Crippen LogP contribution < -0.4 is 14.2 Å². The van der Waals surface area contributed by atoms with E-state index in [9.17, 15) is 14.4 Å². The van der Waals surface area contributed by atoms with Crippen molar-refractivity contribution in [1.82, 2.24) is 0 Å². The fourth-order valence-corrected chi connectivity index (χ4v) is 4.96. The quantitative estimate of drug-likeness (QED) is 0.0609. The summed E-state index contributed by atoms with van der Waals surface area (Å²) in [6.45, 7) is 25.1. The average Bonchev–Trinajstić information content (AvgIpc) is 3.22. The highest BCUT2D eigenvalue weighted by molar-refractivity contribution is 5.90. The van der Waals surface area contributed by atoms with Crippen molar-refractivity contribution in [2.75, 3.05) is 39.6 Å². The van der Waals surface area contributed by atoms with Crippen LogP contribution in [0.3, 0.4) is 0 Å². The molecule has 4 rings (SSSR count). The molecular formula is C48H70O12. The van der Waals surface area contributed by atoms with Gasteiger partial charge in [-0.25, -0.2) is 14.4 Å². The Bertz CT molecular complexity index is 1610. The number of hydrogen-bond donors (Lipinski definition) is 0. The van der Waals surface area contributed by atoms with E-state index in [-0.39, 0.29) is 36.8 Å². The molecule has 60 heavy (non-hydrogen) atoms. The van der Waals surface area contributed by atoms with Crippen molar-refractivity contribution in [1.29, 1.82) is 0 Å². The number of ether oxygens (including phenoxy) is 9. The van der Waals surface area contributed by atoms with Gasteiger partial charge < -0.3 is 42.6 Å². The van der Waals surface area contributed by atoms with E-state index >= 15 is 0 Å². The Hall–Kier alpha value is -4.65. The van der Waals surface area contributed by atoms with Crippen molar-refractivity contribution in [3.63, 3.8) is 0 Å². The van der Waals surface area contributed by atoms with E-state index in [1.807, 2.05) is 62.3 Å². The van der Waals surface area contributed by atoms with E-state index < -0.39 is 0 Å². The molecular weight excluding hydrogens is 769 g/mol. The molecule has 1 fully saturated rings. The molecule has 12 nitrogen and oxygen atoms in total. The number of esters is 3. The van der Waals surface area contributed by atoms with E-state index in [1.165, 1.54) is 0 Å². The third kappa shape index (κ3) is 22.6. The van der Waals surface area contributed by atoms with Gasteiger partial charge in [-0.3, -0.25) is 0 Å². The standard InChI is InChI=1S/C17H26O4.C16H22O4.C15H22O4/c1-12(2)10-19-14(5)21-16-8-6-15(7-9-16)17(18)20-11-13(3)4;1-12(2)11-19-16(17)13-6-8-14(9-7-13)20-15-5-3-4-10-18-15;1-5-17-12(4)19-14-8-6-13(7-9-14)15(16)18-10-11(2)3/h6-9,12-14H,10-11H2,1-5H3;6-9,12,15H,3-5,10-11H2,1-2H3;6-9,11-12H,5,10H2,1-4H3. The molecule has 0 aromatic heterocycles. The molecule has 0 spiro atoms. The number of hydrogen-bond acceptors (Lipinski definition) is 12. The first-order chi connectivity index (χ1) is 28.6. The topological polar surface area (TPSA) is 134 Å². The molecule has 3 unspecified atom stereocenters. The van der Waals surface area contributed by atoms with Crippen LogP contribution >= 0.6 is 0 Å². The van der Waals surface area contributed by atoms with Crippen LogP contribution in [0.4, 0.5) is 0 Å². The molecule has 12 heteroatoms. The van der Waals surface area contributed by atoms with Crippen molar-refractivity contribution in [2.24, 2.45) is 23.7 Å². The van der Waals surface area contributed by atoms with E-state index in [0.29, 0.717) is 84.9 Å². The molecule has 0 amide bonds. The maximum absolute atomic E-state index is 11.8. The lowest BCUT2D eigenvalue weighted by atomic mass is 10.2. The summed E-state index contributed by atoms with van der Waals surface area (Å²) >= 11 is 0. The summed E-state index contributed by atoms with van der Waals surface area (Å²) in [5, 5.41) is 0. The first-order valence-electron chi connectivity index (χ1n) is 21.2. The minimum atomic E-state index is -0.314. The zero-order valence-electron chi connectivity index (χ0n) is 37.7. The van der Waals surface area contributed by atoms with Gasteiger partial charge in [-0.05, 0) is 130 Å². The SMILES string of the molecule is CC(C)COC(=O)c1ccc(OC(C)OCC(C)C)cc1.CC(C)COC(=O)c1ccc(OC2CCCCO2)cc1.CCOC(C)Oc1ccc(C(=O)OCC(C)C)cc1. The van der Waals surface area contributed by atoms with Gasteiger partial charge in [0, 0.05) is 13.0 Å². The molecule has 3 aromatic rings. The summed E-state index contributed by atoms with van der Waals surface area (Å²) in [4.78, 5) is 35.2. The van der Waals surface area contributed by atoms with E-state index in [2.05, 4.69) is 13.8 Å². The fraction of sp³-hybridized carbons (Fsp3) is 0.562. The van der Waals surface area contributed by atoms with Crippen molar-refractivity contribution >= 4 is 17.9 Å². The molecule has 1 saturated heterocycles. The Morgan fingerprint density at radius 1 is 0.517 bits per heavy atom. The summed E-state index contributed by atoms with van der Waals surface area (Å²) < 4.78 is 48.7. The number of benzene rings is 3. The normalized spacial score (nSPS) is 14.6. The zero-order chi connectivity index (χ0) is 44.5. The van der Waals surface area contributed by atoms with Gasteiger partial charge in [-0.2, -0.15) is 0 Å². The summed E-state index contributed by atoms with van der Waals surface area (Å²) in [6.07, 6.45) is 2.36. The number of carbonyl (C=O) groups is 3. The molecule has 1 heterocycles. The summed E-state index contributed by atoms with van der Waals surface area (Å²) in [5.41, 5.74) is 1.60. The van der Waals surface area contributed by atoms with Gasteiger partial charge in [-0.15, -0.1) is 0 Å². The predicted octanol–water partition coefficient (Wildman–Crippen LogP) is 10.6. The van der Waals surface area contributed by atoms with Crippen LogP contribution in [-0.4, -0.2) is 76.4 Å². The van der Waals surface area contributed by atoms with Gasteiger partial charge >= 0.3 is 17.9 Å². The third-order valence-corrected chi connectivity index (χ3v) is 7.99. The van der Waals surface area contributed by atoms with E-state index in [4.69, 9.17) is 42.6 Å². The van der Waals surface area contributed by atoms with Crippen LogP contribution in [-0.2, 0) is 28.4 Å². The maximum Gasteiger partial charge on any atom is 0.338 e. The van der Waals surface area contributed by atoms with Gasteiger partial charge in [-0.1, -0.05) is 55.4 Å². The van der Waals surface area contributed by atoms with Gasteiger partial charge in [0.15, 0.2) is 18.9 Å². The Labute approximate surface area is 358 Å². The molecule has 0 bridgehead atoms. The Morgan fingerprint density at radius 3 is 1.22 bits per heavy atom. The van der Waals surface area contributed by atoms with Gasteiger partial charge in [0.05, 0.1) is 49.7 Å². The van der Waals surface area contributed by atoms with Crippen LogP contribution in [0.5, 0.6) is 17.2 Å². The fourth-order valence-electron chi connectivity index (χ4n) is 4.96. The second-order valence-electron chi connectivity index (χ2n) is 16.0. The van der Waals surface area contributed by atoms with E-state index in [1.54, 1.807) is 72.8 Å². The van der Waals surface area contributed by atoms with Crippen molar-refractivity contribution < 1.29 is 57.0 Å². The molecule has 0 aliphatic carbocycles. The first kappa shape index (κ1) is 51.5. The second-order valence-corrected chi connectivity index (χ2v) is 16.0. The molecule has 334 valence electrons. The third-order valence-electron chi connectivity index (χ3n) is 7.99. The van der Waals surface area contributed by atoms with Crippen LogP contribution in [0.1, 0.15) is 126 Å². The predicted molar refractivity (Wildman–Crippen MR) is 232 cm³/mol. The summed E-state index contributed by atoms with van der Waals surface area (Å²) in [5.74, 6) is 2.62. The summed E-state index contributed by atoms with van der Waals surface area (Å²) in [7, 11) is 0. The number of carbonyl (C=O) groups excluding carboxylic acids is 3. The highest BCUT2D eigenvalue weighted by atomic mass is 16.7. The molecule has 1 aliphatic heterocycles. The molecule has 0 radical (unpaired) electrons. The van der Waals surface area contributed by atoms with Crippen LogP contribution in [0.2, 0.25) is 0 Å². The highest BCUT2D eigenvalue weighted by Gasteiger charge is 2.16. The molecule has 3 atom stereocenters. The van der Waals surface area contributed by atoms with Crippen LogP contribution in [0.25, 0.3) is 0 Å². The Balaban J connectivity index is 0.000000310. The molecule has 0 N–H and O–H groups in total. The highest BCUT2D eigenvalue weighted by Crippen LogP contribution is 2.21. The lowest BCUT2D eigenvalue weighted by molar-refractivity contribution is -0.105. The lowest BCUT2D eigenvalue weighted by Crippen LogP contribution is -2.24. The summed E-state index contributed by atoms with van der Waals surface area (Å²) in [6, 6.07) is 20.8. The largest absolute Gasteiger partial charge is 0.465 e. The Morgan fingerprint density at radius 2 is 0.883 bits per heavy atom. The van der Waals surface area contributed by atoms with Crippen molar-refractivity contribution in [3.8, 4) is 17.2 Å². The monoisotopic (exact) mass is 838 g/mol. The van der Waals surface area contributed by atoms with Crippen molar-refractivity contribution in [3.05, 3.63) is 89.5 Å². The minimum Gasteiger partial charge on any atom is -0.465 e. The second kappa shape index (κ2) is 28.8. The average molecular weight is 839 g/mol. The molecule has 1 aliphatic rings. The zero-order valence-corrected chi connectivity index (χ0v) is 37.7. The minimum absolute atomic E-state index is 0.164. The van der Waals surface area contributed by atoms with Crippen molar-refractivity contribution in [2.45, 2.75) is 114 Å². The smallest absolute Gasteiger partial charge is 0.338 e. The molecule has 0 saturated carbocycles. The maximum atomic E-state index is 11.8. The van der Waals surface area contributed by atoms with Crippen LogP contribution in [0, 0.1) is 23.7 Å². The van der Waals surface area contributed by atoms with Gasteiger partial charge in [0.2, 0.25) is 0 Å². The van der Waals surface area contributed by atoms with Gasteiger partial charge in [0.1, 0.15) is 17.2 Å². The molecule has 3 aromatic carbocycles. The number of rotatable bonds is 20. The van der Waals surface area contributed by atoms with Crippen LogP contribution in [0.15, 0.2) is 72.8 Å². The van der Waals surface area contributed by atoms with Gasteiger partial charge in [0.25, 0.3) is 0 Å².